The molecule has 0 radical (unpaired) electrons. The van der Waals surface area contributed by atoms with E-state index in [1.54, 1.807) is 0 Å². The Balaban J connectivity index is 5.79. The molecule has 0 aliphatic carbocycles. The summed E-state index contributed by atoms with van der Waals surface area (Å²) in [6.45, 7) is 0. The fourth-order valence-corrected chi connectivity index (χ4v) is 0.540. The van der Waals surface area contributed by atoms with E-state index in [2.05, 4.69) is 69.5 Å². The molecule has 0 N–H and O–H groups in total. The molecule has 18 heavy (non-hydrogen) atoms. The zero-order valence-electron chi connectivity index (χ0n) is 9.31. The molecule has 0 saturated carbocycles. The first-order valence-electron chi connectivity index (χ1n) is 4.40. The van der Waals surface area contributed by atoms with Crippen molar-refractivity contribution in [3.63, 3.8) is 0 Å². The first-order valence-corrected chi connectivity index (χ1v) is 4.40. The first-order chi connectivity index (χ1) is 8.78. The Morgan fingerprint density at radius 3 is 1.00 bits per heavy atom. The van der Waals surface area contributed by atoms with Crippen molar-refractivity contribution in [2.75, 3.05) is 0 Å². The van der Waals surface area contributed by atoms with Crippen LogP contribution in [0.25, 0.3) is 0 Å². The highest BCUT2D eigenvalue weighted by atomic mass is 13.7. The van der Waals surface area contributed by atoms with Gasteiger partial charge in [-0.05, 0) is 45.8 Å². The minimum atomic E-state index is 0.235. The van der Waals surface area contributed by atoms with E-state index in [0.29, 0.717) is 0 Å². The van der Waals surface area contributed by atoms with Gasteiger partial charge in [0.05, 0.1) is 0 Å². The lowest BCUT2D eigenvalue weighted by Crippen LogP contribution is -1.62. The molecule has 0 heterocycles. The van der Waals surface area contributed by atoms with Crippen LogP contribution in [-0.4, -0.2) is 0 Å². The van der Waals surface area contributed by atoms with Gasteiger partial charge in [0.1, 0.15) is 11.1 Å². The summed E-state index contributed by atoms with van der Waals surface area (Å²) < 4.78 is 0. The molecule has 0 nitrogen and oxygen atoms in total. The largest absolute Gasteiger partial charge is 0.124 e. The smallest absolute Gasteiger partial charge is 0.113 e. The Kier molecular flexibility index (Phi) is 7.71. The quantitative estimate of drug-likeness (QED) is 0.433. The monoisotopic (exact) mass is 220 g/mol. The predicted molar refractivity (Wildman–Crippen MR) is 70.5 cm³/mol. The molecule has 0 aliphatic heterocycles. The van der Waals surface area contributed by atoms with Crippen molar-refractivity contribution in [3.8, 4) is 49.4 Å². The molecule has 0 saturated heterocycles. The molecule has 0 atom stereocenters. The molecule has 0 aromatic carbocycles. The second-order valence-corrected chi connectivity index (χ2v) is 2.33. The Labute approximate surface area is 107 Å². The van der Waals surface area contributed by atoms with Crippen LogP contribution in [0, 0.1) is 49.4 Å². The van der Waals surface area contributed by atoms with E-state index in [9.17, 15) is 0 Å². The van der Waals surface area contributed by atoms with Crippen LogP contribution in [0.1, 0.15) is 0 Å². The summed E-state index contributed by atoms with van der Waals surface area (Å²) in [7, 11) is 0. The molecule has 0 heteroatoms. The van der Waals surface area contributed by atoms with Crippen molar-refractivity contribution in [2.45, 2.75) is 0 Å². The number of allylic oxidation sites excluding steroid dienone is 2. The van der Waals surface area contributed by atoms with Gasteiger partial charge in [0.2, 0.25) is 0 Å². The van der Waals surface area contributed by atoms with Crippen molar-refractivity contribution in [1.29, 1.82) is 0 Å². The van der Waals surface area contributed by atoms with Crippen LogP contribution >= 0.6 is 0 Å². The average Bonchev–Trinajstić information content (AvgIpc) is 2.41. The van der Waals surface area contributed by atoms with Crippen LogP contribution < -0.4 is 0 Å². The van der Waals surface area contributed by atoms with Gasteiger partial charge in [-0.3, -0.25) is 0 Å². The second-order valence-electron chi connectivity index (χ2n) is 2.33. The van der Waals surface area contributed by atoms with Crippen molar-refractivity contribution in [1.82, 2.24) is 0 Å². The Morgan fingerprint density at radius 1 is 0.444 bits per heavy atom. The third-order valence-corrected chi connectivity index (χ3v) is 1.26. The van der Waals surface area contributed by atoms with Gasteiger partial charge in [-0.25, -0.2) is 0 Å². The fraction of sp³-hybridized carbons (Fsp3) is 0. The SMILES string of the molecule is C#CC(=C=C=C=C=C=C=C=C=C(C#C)C#C)C#C. The van der Waals surface area contributed by atoms with Crippen molar-refractivity contribution in [2.24, 2.45) is 0 Å². The number of rotatable bonds is 0. The molecule has 0 rings (SSSR count). The van der Waals surface area contributed by atoms with Crippen LogP contribution in [0.4, 0.5) is 0 Å². The van der Waals surface area contributed by atoms with E-state index >= 15 is 0 Å². The summed E-state index contributed by atoms with van der Waals surface area (Å²) in [5, 5.41) is 0. The van der Waals surface area contributed by atoms with Gasteiger partial charge in [-0.2, -0.15) is 0 Å². The number of terminal acetylenes is 4. The maximum atomic E-state index is 5.06. The van der Waals surface area contributed by atoms with Gasteiger partial charge in [0.25, 0.3) is 0 Å². The molecule has 0 unspecified atom stereocenters. The lowest BCUT2D eigenvalue weighted by Gasteiger charge is -1.68. The van der Waals surface area contributed by atoms with Crippen molar-refractivity contribution < 1.29 is 0 Å². The van der Waals surface area contributed by atoms with Gasteiger partial charge in [0.15, 0.2) is 0 Å². The highest BCUT2D eigenvalue weighted by Crippen LogP contribution is 1.81. The molecular formula is C18H4. The molecule has 0 aliphatic rings. The van der Waals surface area contributed by atoms with Gasteiger partial charge in [-0.15, -0.1) is 25.7 Å². The summed E-state index contributed by atoms with van der Waals surface area (Å²) in [5.41, 5.74) is 20.2. The highest BCUT2D eigenvalue weighted by Gasteiger charge is 1.74. The maximum Gasteiger partial charge on any atom is 0.124 e. The third kappa shape index (κ3) is 6.64. The molecule has 76 valence electrons. The molecule has 0 fully saturated rings. The standard InChI is InChI=1S/C18H4/c1-5-17(6-2)15-13-11-9-10-12-14-16-18(7-3)8-4/h1-4H. The minimum Gasteiger partial charge on any atom is -0.113 e. The lowest BCUT2D eigenvalue weighted by atomic mass is 10.3. The van der Waals surface area contributed by atoms with Gasteiger partial charge in [-0.1, -0.05) is 23.7 Å². The summed E-state index contributed by atoms with van der Waals surface area (Å²) in [4.78, 5) is 0. The zero-order chi connectivity index (χ0) is 13.6. The third-order valence-electron chi connectivity index (χ3n) is 1.26. The molecule has 0 amide bonds. The van der Waals surface area contributed by atoms with E-state index in [4.69, 9.17) is 25.7 Å². The van der Waals surface area contributed by atoms with Crippen LogP contribution in [0.2, 0.25) is 0 Å². The Hall–Kier alpha value is -3.78. The number of hydrogen-bond acceptors (Lipinski definition) is 0. The molecule has 0 spiro atoms. The van der Waals surface area contributed by atoms with E-state index in [-0.39, 0.29) is 11.1 Å². The fourth-order valence-electron chi connectivity index (χ4n) is 0.540. The summed E-state index contributed by atoms with van der Waals surface area (Å²) in [6.07, 6.45) is 20.2. The van der Waals surface area contributed by atoms with Crippen LogP contribution in [0.5, 0.6) is 0 Å². The molecule has 0 aromatic heterocycles. The van der Waals surface area contributed by atoms with E-state index in [1.807, 2.05) is 0 Å². The predicted octanol–water partition coefficient (Wildman–Crippen LogP) is 2.06. The Morgan fingerprint density at radius 2 is 0.722 bits per heavy atom. The summed E-state index contributed by atoms with van der Waals surface area (Å²) in [5.74, 6) is 8.91. The van der Waals surface area contributed by atoms with Gasteiger partial charge >= 0.3 is 0 Å². The van der Waals surface area contributed by atoms with Crippen molar-refractivity contribution in [3.05, 3.63) is 57.0 Å². The zero-order valence-corrected chi connectivity index (χ0v) is 9.31. The van der Waals surface area contributed by atoms with Crippen molar-refractivity contribution >= 4 is 0 Å². The summed E-state index contributed by atoms with van der Waals surface area (Å²) in [6, 6.07) is 0. The van der Waals surface area contributed by atoms with E-state index in [0.717, 1.165) is 0 Å². The minimum absolute atomic E-state index is 0.235. The average molecular weight is 220 g/mol. The maximum absolute atomic E-state index is 5.06. The summed E-state index contributed by atoms with van der Waals surface area (Å²) >= 11 is 0. The van der Waals surface area contributed by atoms with Gasteiger partial charge in [0, 0.05) is 0 Å². The van der Waals surface area contributed by atoms with E-state index in [1.165, 1.54) is 0 Å². The topological polar surface area (TPSA) is 0 Å². The van der Waals surface area contributed by atoms with Crippen LogP contribution in [0.3, 0.4) is 0 Å². The molecule has 0 bridgehead atoms. The lowest BCUT2D eigenvalue weighted by molar-refractivity contribution is 1.94. The van der Waals surface area contributed by atoms with E-state index < -0.39 is 0 Å². The van der Waals surface area contributed by atoms with Crippen LogP contribution in [-0.2, 0) is 0 Å². The second kappa shape index (κ2) is 9.76. The van der Waals surface area contributed by atoms with Crippen LogP contribution in [0.15, 0.2) is 57.0 Å². The van der Waals surface area contributed by atoms with Gasteiger partial charge < -0.3 is 0 Å². The molecular weight excluding hydrogens is 216 g/mol. The normalized spacial score (nSPS) is 4.89. The number of hydrogen-bond donors (Lipinski definition) is 0. The molecule has 0 aromatic rings. The Bertz CT molecular complexity index is 718. The highest BCUT2D eigenvalue weighted by molar-refractivity contribution is 5.40. The first kappa shape index (κ1) is 14.2.